The van der Waals surface area contributed by atoms with Crippen LogP contribution in [0.15, 0.2) is 84.8 Å². The summed E-state index contributed by atoms with van der Waals surface area (Å²) >= 11 is 1.76. The molecule has 0 saturated heterocycles. The van der Waals surface area contributed by atoms with Crippen molar-refractivity contribution >= 4 is 33.0 Å². The van der Waals surface area contributed by atoms with Crippen molar-refractivity contribution in [1.29, 1.82) is 0 Å². The zero-order chi connectivity index (χ0) is 23.8. The third-order valence-corrected chi connectivity index (χ3v) is 6.80. The summed E-state index contributed by atoms with van der Waals surface area (Å²) < 4.78 is 12.5. The highest BCUT2D eigenvalue weighted by Crippen LogP contribution is 2.32. The van der Waals surface area contributed by atoms with Crippen LogP contribution in [0.4, 0.5) is 0 Å². The Kier molecular flexibility index (Phi) is 8.16. The molecule has 0 saturated carbocycles. The summed E-state index contributed by atoms with van der Waals surface area (Å²) in [5, 5.41) is 3.49. The molecule has 0 aliphatic carbocycles. The van der Waals surface area contributed by atoms with E-state index in [1.807, 2.05) is 25.1 Å². The fourth-order valence-corrected chi connectivity index (χ4v) is 5.06. The summed E-state index contributed by atoms with van der Waals surface area (Å²) in [5.41, 5.74) is 5.44. The number of thiophene rings is 1. The highest BCUT2D eigenvalue weighted by Gasteiger charge is 2.14. The summed E-state index contributed by atoms with van der Waals surface area (Å²) in [5.74, 6) is 0.542. The highest BCUT2D eigenvalue weighted by molar-refractivity contribution is 7.17. The molecule has 1 heterocycles. The Balaban J connectivity index is 1.51. The van der Waals surface area contributed by atoms with Gasteiger partial charge < -0.3 is 9.47 Å². The van der Waals surface area contributed by atoms with Gasteiger partial charge >= 0.3 is 5.97 Å². The summed E-state index contributed by atoms with van der Waals surface area (Å²) in [7, 11) is 0. The number of hydrogen-bond acceptors (Lipinski definition) is 4. The minimum absolute atomic E-state index is 0.169. The molecule has 0 fully saturated rings. The SMILES string of the molecule is C=C(CC(=O)OCC)c1cc(OCCCc2ccccc2)ccc1Cc1csc2ccccc12. The first kappa shape index (κ1) is 23.8. The standard InChI is InChI=1S/C30H30O3S/c1-3-32-30(31)18-22(2)28-20-26(33-17-9-12-23-10-5-4-6-11-23)16-15-24(28)19-25-21-34-29-14-8-7-13-27(25)29/h4-8,10-11,13-16,20-21H,2-3,9,12,17-19H2,1H3. The maximum Gasteiger partial charge on any atom is 0.310 e. The van der Waals surface area contributed by atoms with E-state index in [4.69, 9.17) is 9.47 Å². The van der Waals surface area contributed by atoms with Gasteiger partial charge in [0.15, 0.2) is 0 Å². The van der Waals surface area contributed by atoms with Crippen molar-refractivity contribution in [3.8, 4) is 5.75 Å². The number of hydrogen-bond donors (Lipinski definition) is 0. The Labute approximate surface area is 205 Å². The third kappa shape index (κ3) is 6.15. The second-order valence-electron chi connectivity index (χ2n) is 8.28. The number of esters is 1. The van der Waals surface area contributed by atoms with E-state index in [1.165, 1.54) is 21.2 Å². The second kappa shape index (κ2) is 11.7. The first-order chi connectivity index (χ1) is 16.6. The zero-order valence-electron chi connectivity index (χ0n) is 19.6. The first-order valence-electron chi connectivity index (χ1n) is 11.7. The molecule has 0 N–H and O–H groups in total. The average Bonchev–Trinajstić information content (AvgIpc) is 3.26. The Morgan fingerprint density at radius 3 is 2.59 bits per heavy atom. The molecule has 0 spiro atoms. The zero-order valence-corrected chi connectivity index (χ0v) is 20.4. The van der Waals surface area contributed by atoms with Gasteiger partial charge in [0.05, 0.1) is 19.6 Å². The molecule has 174 valence electrons. The Hall–Kier alpha value is -3.37. The number of fused-ring (bicyclic) bond motifs is 1. The van der Waals surface area contributed by atoms with Crippen LogP contribution in [-0.2, 0) is 22.4 Å². The lowest BCUT2D eigenvalue weighted by Gasteiger charge is -2.15. The van der Waals surface area contributed by atoms with Gasteiger partial charge in [-0.25, -0.2) is 0 Å². The van der Waals surface area contributed by atoms with Crippen LogP contribution in [0.25, 0.3) is 15.7 Å². The van der Waals surface area contributed by atoms with Gasteiger partial charge in [0.1, 0.15) is 5.75 Å². The van der Waals surface area contributed by atoms with E-state index in [-0.39, 0.29) is 12.4 Å². The van der Waals surface area contributed by atoms with Crippen molar-refractivity contribution in [2.24, 2.45) is 0 Å². The molecule has 0 aliphatic heterocycles. The van der Waals surface area contributed by atoms with Crippen molar-refractivity contribution in [2.75, 3.05) is 13.2 Å². The molecule has 4 heteroatoms. The lowest BCUT2D eigenvalue weighted by atomic mass is 9.93. The smallest absolute Gasteiger partial charge is 0.310 e. The molecular formula is C30H30O3S. The van der Waals surface area contributed by atoms with Crippen molar-refractivity contribution in [2.45, 2.75) is 32.6 Å². The number of benzene rings is 3. The summed E-state index contributed by atoms with van der Waals surface area (Å²) in [6, 6.07) is 25.0. The van der Waals surface area contributed by atoms with Crippen molar-refractivity contribution < 1.29 is 14.3 Å². The van der Waals surface area contributed by atoms with E-state index in [2.05, 4.69) is 66.6 Å². The summed E-state index contributed by atoms with van der Waals surface area (Å²) in [4.78, 5) is 12.1. The normalized spacial score (nSPS) is 10.9. The van der Waals surface area contributed by atoms with Crippen LogP contribution in [-0.4, -0.2) is 19.2 Å². The lowest BCUT2D eigenvalue weighted by molar-refractivity contribution is -0.141. The van der Waals surface area contributed by atoms with E-state index in [0.29, 0.717) is 13.2 Å². The summed E-state index contributed by atoms with van der Waals surface area (Å²) in [6.07, 6.45) is 2.86. The van der Waals surface area contributed by atoms with Gasteiger partial charge in [0, 0.05) is 4.70 Å². The maximum absolute atomic E-state index is 12.1. The highest BCUT2D eigenvalue weighted by atomic mass is 32.1. The predicted octanol–water partition coefficient (Wildman–Crippen LogP) is 7.47. The molecule has 3 nitrogen and oxygen atoms in total. The molecule has 4 rings (SSSR count). The molecule has 0 atom stereocenters. The van der Waals surface area contributed by atoms with Crippen LogP contribution >= 0.6 is 11.3 Å². The van der Waals surface area contributed by atoms with Crippen LogP contribution in [0.3, 0.4) is 0 Å². The monoisotopic (exact) mass is 470 g/mol. The van der Waals surface area contributed by atoms with Crippen molar-refractivity contribution in [1.82, 2.24) is 0 Å². The Morgan fingerprint density at radius 2 is 1.76 bits per heavy atom. The van der Waals surface area contributed by atoms with Gasteiger partial charge in [-0.2, -0.15) is 0 Å². The van der Waals surface area contributed by atoms with Crippen molar-refractivity contribution in [3.63, 3.8) is 0 Å². The Morgan fingerprint density at radius 1 is 0.971 bits per heavy atom. The van der Waals surface area contributed by atoms with Crippen LogP contribution in [0.5, 0.6) is 5.75 Å². The largest absolute Gasteiger partial charge is 0.494 e. The van der Waals surface area contributed by atoms with Crippen LogP contribution < -0.4 is 4.74 Å². The quantitative estimate of drug-likeness (QED) is 0.168. The minimum Gasteiger partial charge on any atom is -0.494 e. The van der Waals surface area contributed by atoms with Crippen LogP contribution in [0.1, 0.15) is 42.0 Å². The fourth-order valence-electron chi connectivity index (χ4n) is 4.10. The van der Waals surface area contributed by atoms with E-state index in [0.717, 1.165) is 41.7 Å². The molecule has 0 amide bonds. The number of ether oxygens (including phenoxy) is 2. The Bertz CT molecular complexity index is 1260. The second-order valence-corrected chi connectivity index (χ2v) is 9.19. The molecular weight excluding hydrogens is 440 g/mol. The number of rotatable bonds is 11. The van der Waals surface area contributed by atoms with Gasteiger partial charge in [-0.15, -0.1) is 11.3 Å². The molecule has 0 radical (unpaired) electrons. The van der Waals surface area contributed by atoms with Gasteiger partial charge in [0.25, 0.3) is 0 Å². The number of carbonyl (C=O) groups excluding carboxylic acids is 1. The van der Waals surface area contributed by atoms with Gasteiger partial charge in [-0.3, -0.25) is 4.79 Å². The number of carbonyl (C=O) groups is 1. The lowest BCUT2D eigenvalue weighted by Crippen LogP contribution is -2.06. The predicted molar refractivity (Wildman–Crippen MR) is 142 cm³/mol. The molecule has 3 aromatic carbocycles. The molecule has 0 aliphatic rings. The topological polar surface area (TPSA) is 35.5 Å². The van der Waals surface area contributed by atoms with Gasteiger partial charge in [0.2, 0.25) is 0 Å². The molecule has 0 bridgehead atoms. The van der Waals surface area contributed by atoms with E-state index in [9.17, 15) is 4.79 Å². The summed E-state index contributed by atoms with van der Waals surface area (Å²) in [6.45, 7) is 7.04. The van der Waals surface area contributed by atoms with Gasteiger partial charge in [-0.1, -0.05) is 61.2 Å². The molecule has 4 aromatic rings. The molecule has 34 heavy (non-hydrogen) atoms. The first-order valence-corrected chi connectivity index (χ1v) is 12.6. The van der Waals surface area contributed by atoms with E-state index < -0.39 is 0 Å². The average molecular weight is 471 g/mol. The molecule has 0 unspecified atom stereocenters. The minimum atomic E-state index is -0.256. The third-order valence-electron chi connectivity index (χ3n) is 5.79. The molecule has 1 aromatic heterocycles. The van der Waals surface area contributed by atoms with E-state index in [1.54, 1.807) is 11.3 Å². The van der Waals surface area contributed by atoms with Crippen molar-refractivity contribution in [3.05, 3.63) is 107 Å². The maximum atomic E-state index is 12.1. The number of aryl methyl sites for hydroxylation is 1. The van der Waals surface area contributed by atoms with Crippen LogP contribution in [0.2, 0.25) is 0 Å². The fraction of sp³-hybridized carbons (Fsp3) is 0.233. The van der Waals surface area contributed by atoms with Crippen LogP contribution in [0, 0.1) is 0 Å². The van der Waals surface area contributed by atoms with E-state index >= 15 is 0 Å². The van der Waals surface area contributed by atoms with Gasteiger partial charge in [-0.05, 0) is 83.0 Å².